The molecule has 50 valence electrons. The Bertz CT molecular complexity index is 149. The highest BCUT2D eigenvalue weighted by molar-refractivity contribution is 7.85. The van der Waals surface area contributed by atoms with Crippen LogP contribution in [0.3, 0.4) is 0 Å². The molecule has 9 heavy (non-hydrogen) atoms. The topological polar surface area (TPSA) is 26.1 Å². The van der Waals surface area contributed by atoms with Crippen LogP contribution < -0.4 is 0 Å². The molecule has 0 amide bonds. The Hall–Kier alpha value is -0.150. The standard InChI is InChI=1S/C5H8NOS2/c1-3-4-6(5-8)9(2)7/h3H,1,4H2,2H3/q+1. The van der Waals surface area contributed by atoms with Crippen molar-refractivity contribution in [1.82, 2.24) is 0 Å². The van der Waals surface area contributed by atoms with Crippen LogP contribution in [0.5, 0.6) is 0 Å². The van der Waals surface area contributed by atoms with E-state index in [1.807, 2.05) is 0 Å². The summed E-state index contributed by atoms with van der Waals surface area (Å²) in [5.74, 6) is 0. The molecule has 0 saturated carbocycles. The highest BCUT2D eigenvalue weighted by Gasteiger charge is 2.11. The van der Waals surface area contributed by atoms with Gasteiger partial charge in [0.15, 0.2) is 6.26 Å². The van der Waals surface area contributed by atoms with Gasteiger partial charge in [0.25, 0.3) is 0 Å². The van der Waals surface area contributed by atoms with Gasteiger partial charge in [0.05, 0.1) is 12.2 Å². The summed E-state index contributed by atoms with van der Waals surface area (Å²) in [5.41, 5.74) is 0. The maximum atomic E-state index is 10.6. The summed E-state index contributed by atoms with van der Waals surface area (Å²) in [6.45, 7) is 3.96. The van der Waals surface area contributed by atoms with Gasteiger partial charge < -0.3 is 4.55 Å². The molecular weight excluding hydrogens is 154 g/mol. The van der Waals surface area contributed by atoms with Gasteiger partial charge in [-0.2, -0.15) is 0 Å². The quantitative estimate of drug-likeness (QED) is 0.199. The van der Waals surface area contributed by atoms with Crippen LogP contribution in [0.25, 0.3) is 0 Å². The Morgan fingerprint density at radius 1 is 2.00 bits per heavy atom. The smallest absolute Gasteiger partial charge is 0.304 e. The molecule has 0 heterocycles. The lowest BCUT2D eigenvalue weighted by Gasteiger charge is -1.92. The maximum Gasteiger partial charge on any atom is 0.304 e. The normalized spacial score (nSPS) is 11.8. The highest BCUT2D eigenvalue weighted by atomic mass is 32.2. The molecule has 1 unspecified atom stereocenters. The van der Waals surface area contributed by atoms with Crippen LogP contribution in [-0.4, -0.2) is 26.5 Å². The summed E-state index contributed by atoms with van der Waals surface area (Å²) in [5, 5.41) is 2.35. The van der Waals surface area contributed by atoms with Gasteiger partial charge >= 0.3 is 5.16 Å². The Balaban J connectivity index is 4.01. The van der Waals surface area contributed by atoms with Crippen molar-refractivity contribution >= 4 is 28.7 Å². The van der Waals surface area contributed by atoms with Crippen LogP contribution in [0.2, 0.25) is 0 Å². The second kappa shape index (κ2) is 4.70. The highest BCUT2D eigenvalue weighted by Crippen LogP contribution is 1.84. The zero-order valence-electron chi connectivity index (χ0n) is 5.16. The first-order valence-corrected chi connectivity index (χ1v) is 4.24. The van der Waals surface area contributed by atoms with Crippen LogP contribution in [0.15, 0.2) is 12.7 Å². The van der Waals surface area contributed by atoms with E-state index < -0.39 is 11.4 Å². The minimum Gasteiger partial charge on any atom is -0.557 e. The predicted octanol–water partition coefficient (Wildman–Crippen LogP) is 0.581. The number of isothiocyanates is 1. The SMILES string of the molecule is C=CC[N+](=C=S)[S+](C)[O-]. The van der Waals surface area contributed by atoms with E-state index in [9.17, 15) is 4.55 Å². The zero-order valence-corrected chi connectivity index (χ0v) is 6.80. The van der Waals surface area contributed by atoms with E-state index in [-0.39, 0.29) is 0 Å². The minimum atomic E-state index is -1.06. The van der Waals surface area contributed by atoms with E-state index in [1.54, 1.807) is 12.3 Å². The summed E-state index contributed by atoms with van der Waals surface area (Å²) < 4.78 is 12.0. The van der Waals surface area contributed by atoms with Gasteiger partial charge in [0.2, 0.25) is 17.9 Å². The maximum absolute atomic E-state index is 10.6. The van der Waals surface area contributed by atoms with Crippen molar-refractivity contribution in [3.8, 4) is 0 Å². The van der Waals surface area contributed by atoms with Gasteiger partial charge in [-0.15, -0.1) is 0 Å². The number of nitrogens with zero attached hydrogens (tertiary/aromatic N) is 1. The lowest BCUT2D eigenvalue weighted by Crippen LogP contribution is -2.18. The number of hydrogen-bond donors (Lipinski definition) is 0. The Morgan fingerprint density at radius 3 is 2.67 bits per heavy atom. The van der Waals surface area contributed by atoms with Gasteiger partial charge in [-0.25, -0.2) is 0 Å². The van der Waals surface area contributed by atoms with Crippen LogP contribution in [-0.2, 0) is 11.4 Å². The molecule has 0 rings (SSSR count). The molecule has 0 aliphatic rings. The summed E-state index contributed by atoms with van der Waals surface area (Å²) in [6.07, 6.45) is 3.17. The molecular formula is C5H8NOS2+. The van der Waals surface area contributed by atoms with Crippen molar-refractivity contribution < 1.29 is 8.53 Å². The van der Waals surface area contributed by atoms with Gasteiger partial charge in [-0.3, -0.25) is 0 Å². The van der Waals surface area contributed by atoms with E-state index in [0.29, 0.717) is 6.54 Å². The van der Waals surface area contributed by atoms with Crippen LogP contribution in [0, 0.1) is 0 Å². The average Bonchev–Trinajstić information content (AvgIpc) is 1.82. The molecule has 0 aromatic heterocycles. The second-order valence-corrected chi connectivity index (χ2v) is 2.84. The van der Waals surface area contributed by atoms with Crippen molar-refractivity contribution in [1.29, 1.82) is 0 Å². The number of thiocarbonyl (C=S) groups is 1. The molecule has 0 N–H and O–H groups in total. The first-order valence-electron chi connectivity index (χ1n) is 2.32. The monoisotopic (exact) mass is 162 g/mol. The Labute approximate surface area is 63.2 Å². The molecule has 4 heteroatoms. The molecule has 0 bridgehead atoms. The molecule has 0 saturated heterocycles. The lowest BCUT2D eigenvalue weighted by atomic mass is 10.7. The third-order valence-corrected chi connectivity index (χ3v) is 1.90. The Kier molecular flexibility index (Phi) is 4.62. The molecule has 0 aliphatic carbocycles. The summed E-state index contributed by atoms with van der Waals surface area (Å²) >= 11 is 3.39. The van der Waals surface area contributed by atoms with Gasteiger partial charge in [-0.05, 0) is 6.08 Å². The van der Waals surface area contributed by atoms with Gasteiger partial charge in [-0.1, -0.05) is 6.58 Å². The Morgan fingerprint density at radius 2 is 2.56 bits per heavy atom. The first-order chi connectivity index (χ1) is 4.22. The molecule has 0 aliphatic heterocycles. The molecule has 0 aromatic rings. The van der Waals surface area contributed by atoms with Gasteiger partial charge in [0.1, 0.15) is 0 Å². The molecule has 0 spiro atoms. The van der Waals surface area contributed by atoms with E-state index >= 15 is 0 Å². The van der Waals surface area contributed by atoms with Crippen LogP contribution in [0.4, 0.5) is 0 Å². The fraction of sp³-hybridized carbons (Fsp3) is 0.400. The summed E-state index contributed by atoms with van der Waals surface area (Å²) in [7, 11) is 0. The summed E-state index contributed by atoms with van der Waals surface area (Å²) in [6, 6.07) is 0. The van der Waals surface area contributed by atoms with Crippen molar-refractivity contribution in [2.45, 2.75) is 0 Å². The number of rotatable bonds is 3. The van der Waals surface area contributed by atoms with E-state index in [0.717, 1.165) is 0 Å². The molecule has 0 fully saturated rings. The average molecular weight is 162 g/mol. The van der Waals surface area contributed by atoms with Crippen molar-refractivity contribution in [2.24, 2.45) is 0 Å². The lowest BCUT2D eigenvalue weighted by molar-refractivity contribution is -0.342. The van der Waals surface area contributed by atoms with Crippen molar-refractivity contribution in [3.63, 3.8) is 0 Å². The predicted molar refractivity (Wildman–Crippen MR) is 42.0 cm³/mol. The largest absolute Gasteiger partial charge is 0.557 e. The molecule has 2 nitrogen and oxygen atoms in total. The fourth-order valence-corrected chi connectivity index (χ4v) is 1.12. The van der Waals surface area contributed by atoms with Crippen molar-refractivity contribution in [3.05, 3.63) is 12.7 Å². The minimum absolute atomic E-state index is 0.493. The second-order valence-electron chi connectivity index (χ2n) is 1.36. The molecule has 0 aromatic carbocycles. The molecule has 0 radical (unpaired) electrons. The summed E-state index contributed by atoms with van der Waals surface area (Å²) in [4.78, 5) is 0. The third-order valence-electron chi connectivity index (χ3n) is 0.707. The third kappa shape index (κ3) is 3.43. The zero-order chi connectivity index (χ0) is 7.28. The van der Waals surface area contributed by atoms with E-state index in [1.165, 1.54) is 3.98 Å². The van der Waals surface area contributed by atoms with Crippen LogP contribution >= 0.6 is 12.2 Å². The number of hydrogen-bond acceptors (Lipinski definition) is 2. The fourth-order valence-electron chi connectivity index (χ4n) is 0.312. The van der Waals surface area contributed by atoms with Gasteiger partial charge in [0, 0.05) is 3.98 Å². The first kappa shape index (κ1) is 8.85. The van der Waals surface area contributed by atoms with Crippen molar-refractivity contribution in [2.75, 3.05) is 12.8 Å². The molecule has 1 atom stereocenters. The van der Waals surface area contributed by atoms with E-state index in [4.69, 9.17) is 0 Å². The van der Waals surface area contributed by atoms with Crippen LogP contribution in [0.1, 0.15) is 0 Å². The van der Waals surface area contributed by atoms with E-state index in [2.05, 4.69) is 24.0 Å².